The molecule has 1 atom stereocenters. The maximum atomic E-state index is 11.2. The number of benzene rings is 1. The maximum Gasteiger partial charge on any atom is 0.221 e. The molecule has 1 amide bonds. The topological polar surface area (TPSA) is 70.1 Å². The van der Waals surface area contributed by atoms with Crippen molar-refractivity contribution in [3.05, 3.63) is 35.4 Å². The minimum absolute atomic E-state index is 0.0482. The summed E-state index contributed by atoms with van der Waals surface area (Å²) in [6.07, 6.45) is 1.87. The number of carbonyl (C=O) groups is 1. The summed E-state index contributed by atoms with van der Waals surface area (Å²) in [4.78, 5) is 13.4. The molecule has 0 saturated carbocycles. The van der Waals surface area contributed by atoms with E-state index in [1.165, 1.54) is 0 Å². The number of amides is 1. The predicted molar refractivity (Wildman–Crippen MR) is 68.4 cm³/mol. The van der Waals surface area contributed by atoms with Crippen molar-refractivity contribution in [2.45, 2.75) is 19.4 Å². The van der Waals surface area contributed by atoms with E-state index in [-0.39, 0.29) is 11.8 Å². The zero-order valence-electron chi connectivity index (χ0n) is 10.3. The summed E-state index contributed by atoms with van der Waals surface area (Å²) in [5.74, 6) is -0.263. The lowest BCUT2D eigenvalue weighted by molar-refractivity contribution is -0.123. The third-order valence-electron chi connectivity index (χ3n) is 3.44. The van der Waals surface area contributed by atoms with E-state index in [0.717, 1.165) is 24.9 Å². The van der Waals surface area contributed by atoms with E-state index in [2.05, 4.69) is 11.0 Å². The minimum atomic E-state index is -0.215. The molecule has 1 aromatic rings. The van der Waals surface area contributed by atoms with Gasteiger partial charge in [-0.2, -0.15) is 5.26 Å². The van der Waals surface area contributed by atoms with Crippen molar-refractivity contribution in [1.29, 1.82) is 5.26 Å². The van der Waals surface area contributed by atoms with Gasteiger partial charge in [0, 0.05) is 13.1 Å². The van der Waals surface area contributed by atoms with Crippen molar-refractivity contribution in [2.24, 2.45) is 11.7 Å². The third-order valence-corrected chi connectivity index (χ3v) is 3.44. The Balaban J connectivity index is 2.05. The number of primary amides is 1. The summed E-state index contributed by atoms with van der Waals surface area (Å²) in [5, 5.41) is 9.05. The molecular weight excluding hydrogens is 226 g/mol. The first kappa shape index (κ1) is 12.6. The van der Waals surface area contributed by atoms with Gasteiger partial charge < -0.3 is 5.73 Å². The lowest BCUT2D eigenvalue weighted by atomic mass is 9.96. The largest absolute Gasteiger partial charge is 0.369 e. The highest BCUT2D eigenvalue weighted by atomic mass is 16.1. The highest BCUT2D eigenvalue weighted by molar-refractivity contribution is 5.76. The fourth-order valence-electron chi connectivity index (χ4n) is 2.44. The van der Waals surface area contributed by atoms with Gasteiger partial charge in [0.2, 0.25) is 5.91 Å². The molecule has 0 spiro atoms. The summed E-state index contributed by atoms with van der Waals surface area (Å²) in [5.41, 5.74) is 7.09. The third kappa shape index (κ3) is 2.88. The molecule has 0 bridgehead atoms. The van der Waals surface area contributed by atoms with Gasteiger partial charge in [0.1, 0.15) is 0 Å². The molecule has 94 valence electrons. The first-order valence-corrected chi connectivity index (χ1v) is 6.20. The second-order valence-corrected chi connectivity index (χ2v) is 4.75. The number of rotatable bonds is 3. The van der Waals surface area contributed by atoms with Gasteiger partial charge in [-0.1, -0.05) is 18.2 Å². The van der Waals surface area contributed by atoms with E-state index in [1.54, 1.807) is 0 Å². The highest BCUT2D eigenvalue weighted by Crippen LogP contribution is 2.19. The zero-order chi connectivity index (χ0) is 13.0. The van der Waals surface area contributed by atoms with Crippen molar-refractivity contribution < 1.29 is 4.79 Å². The van der Waals surface area contributed by atoms with E-state index in [0.29, 0.717) is 18.7 Å². The number of piperidine rings is 1. The Morgan fingerprint density at radius 1 is 1.50 bits per heavy atom. The van der Waals surface area contributed by atoms with Crippen LogP contribution in [0, 0.1) is 17.2 Å². The van der Waals surface area contributed by atoms with Crippen molar-refractivity contribution in [3.8, 4) is 6.07 Å². The molecule has 4 heteroatoms. The average Bonchev–Trinajstić information content (AvgIpc) is 2.39. The molecule has 1 unspecified atom stereocenters. The highest BCUT2D eigenvalue weighted by Gasteiger charge is 2.24. The predicted octanol–water partition coefficient (Wildman–Crippen LogP) is 1.26. The summed E-state index contributed by atoms with van der Waals surface area (Å²) in [7, 11) is 0. The van der Waals surface area contributed by atoms with Crippen molar-refractivity contribution in [1.82, 2.24) is 4.90 Å². The first-order valence-electron chi connectivity index (χ1n) is 6.20. The van der Waals surface area contributed by atoms with Crippen molar-refractivity contribution >= 4 is 5.91 Å². The van der Waals surface area contributed by atoms with Gasteiger partial charge in [0.15, 0.2) is 0 Å². The van der Waals surface area contributed by atoms with Crippen molar-refractivity contribution in [3.63, 3.8) is 0 Å². The molecule has 0 aliphatic carbocycles. The number of hydrogen-bond acceptors (Lipinski definition) is 3. The van der Waals surface area contributed by atoms with Crippen LogP contribution in [0.2, 0.25) is 0 Å². The van der Waals surface area contributed by atoms with Gasteiger partial charge in [-0.3, -0.25) is 9.69 Å². The average molecular weight is 243 g/mol. The van der Waals surface area contributed by atoms with Crippen LogP contribution in [0.3, 0.4) is 0 Å². The van der Waals surface area contributed by atoms with Crippen LogP contribution in [0.25, 0.3) is 0 Å². The molecule has 0 aromatic heterocycles. The lowest BCUT2D eigenvalue weighted by Gasteiger charge is -2.31. The molecule has 0 radical (unpaired) electrons. The van der Waals surface area contributed by atoms with Crippen LogP contribution in [0.5, 0.6) is 0 Å². The van der Waals surface area contributed by atoms with E-state index in [4.69, 9.17) is 11.0 Å². The summed E-state index contributed by atoms with van der Waals surface area (Å²) < 4.78 is 0. The lowest BCUT2D eigenvalue weighted by Crippen LogP contribution is -2.40. The molecule has 1 saturated heterocycles. The van der Waals surface area contributed by atoms with Gasteiger partial charge in [0.25, 0.3) is 0 Å². The minimum Gasteiger partial charge on any atom is -0.369 e. The van der Waals surface area contributed by atoms with Gasteiger partial charge in [-0.25, -0.2) is 0 Å². The van der Waals surface area contributed by atoms with Crippen LogP contribution < -0.4 is 5.73 Å². The van der Waals surface area contributed by atoms with Crippen LogP contribution in [-0.2, 0) is 11.3 Å². The number of likely N-dealkylation sites (tertiary alicyclic amines) is 1. The summed E-state index contributed by atoms with van der Waals surface area (Å²) in [6, 6.07) is 9.79. The zero-order valence-corrected chi connectivity index (χ0v) is 10.3. The number of carbonyl (C=O) groups excluding carboxylic acids is 1. The van der Waals surface area contributed by atoms with E-state index < -0.39 is 0 Å². The van der Waals surface area contributed by atoms with E-state index in [1.807, 2.05) is 24.3 Å². The molecule has 1 aromatic carbocycles. The Labute approximate surface area is 107 Å². The molecule has 1 heterocycles. The molecule has 1 aliphatic heterocycles. The van der Waals surface area contributed by atoms with Crippen LogP contribution in [0.4, 0.5) is 0 Å². The van der Waals surface area contributed by atoms with E-state index >= 15 is 0 Å². The Hall–Kier alpha value is -1.86. The van der Waals surface area contributed by atoms with Gasteiger partial charge in [-0.15, -0.1) is 0 Å². The Morgan fingerprint density at radius 2 is 2.28 bits per heavy atom. The monoisotopic (exact) mass is 243 g/mol. The fourth-order valence-corrected chi connectivity index (χ4v) is 2.44. The Morgan fingerprint density at radius 3 is 3.00 bits per heavy atom. The molecule has 18 heavy (non-hydrogen) atoms. The van der Waals surface area contributed by atoms with Crippen molar-refractivity contribution in [2.75, 3.05) is 13.1 Å². The van der Waals surface area contributed by atoms with Crippen LogP contribution in [-0.4, -0.2) is 23.9 Å². The fraction of sp³-hybridized carbons (Fsp3) is 0.429. The van der Waals surface area contributed by atoms with Crippen LogP contribution in [0.15, 0.2) is 24.3 Å². The van der Waals surface area contributed by atoms with Crippen LogP contribution >= 0.6 is 0 Å². The number of hydrogen-bond donors (Lipinski definition) is 1. The van der Waals surface area contributed by atoms with Crippen LogP contribution in [0.1, 0.15) is 24.0 Å². The second-order valence-electron chi connectivity index (χ2n) is 4.75. The SMILES string of the molecule is N#Cc1ccccc1CN1CCCC(C(N)=O)C1. The molecule has 2 N–H and O–H groups in total. The molecule has 1 aliphatic rings. The number of nitrogens with two attached hydrogens (primary N) is 1. The quantitative estimate of drug-likeness (QED) is 0.868. The standard InChI is InChI=1S/C14H17N3O/c15-8-11-4-1-2-5-12(11)9-17-7-3-6-13(10-17)14(16)18/h1-2,4-5,13H,3,6-7,9-10H2,(H2,16,18). The Bertz CT molecular complexity index is 478. The first-order chi connectivity index (χ1) is 8.70. The second kappa shape index (κ2) is 5.65. The normalized spacial score (nSPS) is 20.3. The maximum absolute atomic E-state index is 11.2. The molecular formula is C14H17N3O. The van der Waals surface area contributed by atoms with Gasteiger partial charge >= 0.3 is 0 Å². The Kier molecular flexibility index (Phi) is 3.96. The van der Waals surface area contributed by atoms with Gasteiger partial charge in [0.05, 0.1) is 17.6 Å². The number of nitrogens with zero attached hydrogens (tertiary/aromatic N) is 2. The molecule has 1 fully saturated rings. The smallest absolute Gasteiger partial charge is 0.221 e. The number of nitriles is 1. The molecule has 4 nitrogen and oxygen atoms in total. The molecule has 2 rings (SSSR count). The van der Waals surface area contributed by atoms with E-state index in [9.17, 15) is 4.79 Å². The van der Waals surface area contributed by atoms with Gasteiger partial charge in [-0.05, 0) is 31.0 Å². The summed E-state index contributed by atoms with van der Waals surface area (Å²) in [6.45, 7) is 2.38. The summed E-state index contributed by atoms with van der Waals surface area (Å²) >= 11 is 0.